The van der Waals surface area contributed by atoms with E-state index in [0.29, 0.717) is 11.1 Å². The highest BCUT2D eigenvalue weighted by atomic mass is 35.5. The minimum Gasteiger partial charge on any atom is -0.300 e. The number of carbonyl (C=O) groups excluding carboxylic acids is 3. The third-order valence-electron chi connectivity index (χ3n) is 6.12. The van der Waals surface area contributed by atoms with Crippen LogP contribution in [0.25, 0.3) is 0 Å². The summed E-state index contributed by atoms with van der Waals surface area (Å²) in [6, 6.07) is 7.15. The van der Waals surface area contributed by atoms with E-state index in [1.165, 1.54) is 41.3 Å². The lowest BCUT2D eigenvalue weighted by Gasteiger charge is -2.49. The number of anilines is 1. The van der Waals surface area contributed by atoms with Gasteiger partial charge in [-0.3, -0.25) is 19.3 Å². The van der Waals surface area contributed by atoms with Gasteiger partial charge in [-0.25, -0.2) is 8.78 Å². The van der Waals surface area contributed by atoms with Crippen LogP contribution < -0.4 is 4.90 Å². The molecule has 0 saturated carbocycles. The van der Waals surface area contributed by atoms with Crippen molar-refractivity contribution in [3.05, 3.63) is 96.4 Å². The van der Waals surface area contributed by atoms with Crippen LogP contribution in [0.4, 0.5) is 14.5 Å². The van der Waals surface area contributed by atoms with Crippen LogP contribution in [-0.4, -0.2) is 28.7 Å². The minimum absolute atomic E-state index is 0.202. The molecule has 0 spiro atoms. The molecule has 3 aromatic rings. The number of halogens is 6. The molecule has 1 saturated heterocycles. The maximum Gasteiger partial charge on any atom is 0.264 e. The van der Waals surface area contributed by atoms with Gasteiger partial charge in [0.05, 0.1) is 37.3 Å². The number of carbonyl (C=O) groups is 3. The smallest absolute Gasteiger partial charge is 0.264 e. The Bertz CT molecular complexity index is 1420. The molecule has 11 heteroatoms. The number of rotatable bonds is 3. The Kier molecular flexibility index (Phi) is 5.79. The van der Waals surface area contributed by atoms with Gasteiger partial charge in [0.2, 0.25) is 0 Å². The maximum atomic E-state index is 14.3. The Labute approximate surface area is 217 Å². The zero-order valence-electron chi connectivity index (χ0n) is 17.6. The molecule has 1 fully saturated rings. The van der Waals surface area contributed by atoms with Crippen LogP contribution in [0.1, 0.15) is 37.9 Å². The number of imide groups is 1. The second kappa shape index (κ2) is 8.45. The van der Waals surface area contributed by atoms with Gasteiger partial charge in [0.25, 0.3) is 17.7 Å². The number of hydrogen-bond acceptors (Lipinski definition) is 3. The van der Waals surface area contributed by atoms with Crippen molar-refractivity contribution in [2.24, 2.45) is 0 Å². The van der Waals surface area contributed by atoms with Gasteiger partial charge in [0, 0.05) is 5.69 Å². The highest BCUT2D eigenvalue weighted by molar-refractivity contribution is 6.55. The Morgan fingerprint density at radius 3 is 1.77 bits per heavy atom. The topological polar surface area (TPSA) is 57.7 Å². The SMILES string of the molecule is Cc1ccc(N2C(=O)[C@H](N3C(=O)c4c(Cl)c(Cl)c(Cl)c(Cl)c4C3=O)[C@H]2c2ccc(F)cc2)cc1F. The normalized spacial score (nSPS) is 19.3. The van der Waals surface area contributed by atoms with Gasteiger partial charge < -0.3 is 4.90 Å². The van der Waals surface area contributed by atoms with Crippen LogP contribution in [0.2, 0.25) is 20.1 Å². The molecule has 178 valence electrons. The van der Waals surface area contributed by atoms with Crippen molar-refractivity contribution in [2.45, 2.75) is 19.0 Å². The minimum atomic E-state index is -1.33. The second-order valence-corrected chi connectivity index (χ2v) is 9.58. The lowest BCUT2D eigenvalue weighted by atomic mass is 9.86. The van der Waals surface area contributed by atoms with Crippen LogP contribution in [0.3, 0.4) is 0 Å². The Morgan fingerprint density at radius 1 is 0.714 bits per heavy atom. The molecular formula is C24H12Cl4F2N2O3. The third-order valence-corrected chi connectivity index (χ3v) is 7.93. The molecule has 5 nitrogen and oxygen atoms in total. The number of benzene rings is 3. The van der Waals surface area contributed by atoms with E-state index in [-0.39, 0.29) is 36.9 Å². The average molecular weight is 556 g/mol. The van der Waals surface area contributed by atoms with Crippen molar-refractivity contribution in [1.29, 1.82) is 0 Å². The molecule has 3 amide bonds. The zero-order chi connectivity index (χ0) is 25.3. The molecule has 0 aliphatic carbocycles. The zero-order valence-corrected chi connectivity index (χ0v) is 20.6. The molecule has 35 heavy (non-hydrogen) atoms. The van der Waals surface area contributed by atoms with Gasteiger partial charge in [-0.1, -0.05) is 64.6 Å². The summed E-state index contributed by atoms with van der Waals surface area (Å²) in [5.74, 6) is -3.47. The first kappa shape index (κ1) is 24.0. The van der Waals surface area contributed by atoms with Crippen LogP contribution >= 0.6 is 46.4 Å². The lowest BCUT2D eigenvalue weighted by molar-refractivity contribution is -0.130. The summed E-state index contributed by atoms with van der Waals surface area (Å²) in [6.07, 6.45) is 0. The number of nitrogens with zero attached hydrogens (tertiary/aromatic N) is 2. The first-order chi connectivity index (χ1) is 16.5. The quantitative estimate of drug-likeness (QED) is 0.157. The Hall–Kier alpha value is -2.71. The molecular weight excluding hydrogens is 544 g/mol. The van der Waals surface area contributed by atoms with Crippen molar-refractivity contribution < 1.29 is 23.2 Å². The monoisotopic (exact) mass is 554 g/mol. The second-order valence-electron chi connectivity index (χ2n) is 8.07. The third kappa shape index (κ3) is 3.44. The van der Waals surface area contributed by atoms with Crippen LogP contribution in [0, 0.1) is 18.6 Å². The predicted molar refractivity (Wildman–Crippen MR) is 129 cm³/mol. The summed E-state index contributed by atoms with van der Waals surface area (Å²) in [5.41, 5.74) is 0.474. The molecule has 2 atom stereocenters. The molecule has 0 unspecified atom stereocenters. The van der Waals surface area contributed by atoms with Crippen molar-refractivity contribution in [3.8, 4) is 0 Å². The van der Waals surface area contributed by atoms with E-state index in [4.69, 9.17) is 46.4 Å². The lowest BCUT2D eigenvalue weighted by Crippen LogP contribution is -2.67. The number of amides is 3. The molecule has 2 aliphatic rings. The van der Waals surface area contributed by atoms with E-state index in [1.54, 1.807) is 13.0 Å². The van der Waals surface area contributed by atoms with Crippen LogP contribution in [0.15, 0.2) is 42.5 Å². The largest absolute Gasteiger partial charge is 0.300 e. The number of aryl methyl sites for hydroxylation is 1. The van der Waals surface area contributed by atoms with Crippen molar-refractivity contribution in [1.82, 2.24) is 4.90 Å². The highest BCUT2D eigenvalue weighted by Crippen LogP contribution is 2.49. The fraction of sp³-hybridized carbons (Fsp3) is 0.125. The molecule has 3 aromatic carbocycles. The first-order valence-electron chi connectivity index (χ1n) is 10.1. The molecule has 0 bridgehead atoms. The molecule has 0 radical (unpaired) electrons. The van der Waals surface area contributed by atoms with Gasteiger partial charge in [-0.15, -0.1) is 0 Å². The molecule has 2 heterocycles. The fourth-order valence-electron chi connectivity index (χ4n) is 4.36. The van der Waals surface area contributed by atoms with E-state index in [9.17, 15) is 23.2 Å². The maximum absolute atomic E-state index is 14.3. The van der Waals surface area contributed by atoms with Crippen molar-refractivity contribution in [2.75, 3.05) is 4.90 Å². The number of hydrogen-bond donors (Lipinski definition) is 0. The van der Waals surface area contributed by atoms with E-state index < -0.39 is 41.4 Å². The fourth-order valence-corrected chi connectivity index (χ4v) is 5.37. The van der Waals surface area contributed by atoms with Gasteiger partial charge in [-0.05, 0) is 42.3 Å². The Balaban J connectivity index is 1.64. The van der Waals surface area contributed by atoms with Gasteiger partial charge in [0.1, 0.15) is 17.7 Å². The number of β-lactam (4-membered cyclic amide) rings is 1. The number of fused-ring (bicyclic) bond motifs is 1. The van der Waals surface area contributed by atoms with E-state index >= 15 is 0 Å². The Morgan fingerprint density at radius 2 is 1.26 bits per heavy atom. The van der Waals surface area contributed by atoms with Crippen molar-refractivity contribution in [3.63, 3.8) is 0 Å². The highest BCUT2D eigenvalue weighted by Gasteiger charge is 2.58. The van der Waals surface area contributed by atoms with Crippen molar-refractivity contribution >= 4 is 69.8 Å². The summed E-state index contributed by atoms with van der Waals surface area (Å²) < 4.78 is 27.9. The van der Waals surface area contributed by atoms with Crippen LogP contribution in [0.5, 0.6) is 0 Å². The summed E-state index contributed by atoms with van der Waals surface area (Å²) in [5, 5.41) is -0.933. The van der Waals surface area contributed by atoms with E-state index in [0.717, 1.165) is 4.90 Å². The summed E-state index contributed by atoms with van der Waals surface area (Å²) >= 11 is 24.6. The molecule has 0 aromatic heterocycles. The van der Waals surface area contributed by atoms with E-state index in [2.05, 4.69) is 0 Å². The molecule has 2 aliphatic heterocycles. The van der Waals surface area contributed by atoms with Gasteiger partial charge in [-0.2, -0.15) is 0 Å². The summed E-state index contributed by atoms with van der Waals surface area (Å²) in [6.45, 7) is 1.57. The van der Waals surface area contributed by atoms with Gasteiger partial charge in [0.15, 0.2) is 0 Å². The standard InChI is InChI=1S/C24H12Cl4F2N2O3/c1-9-2-7-12(8-13(9)30)31-20(10-3-5-11(29)6-4-10)21(24(31)35)32-22(33)14-15(23(32)34)17(26)19(28)18(27)16(14)25/h2-8,20-21H,1H3/t20-,21-/m1/s1. The van der Waals surface area contributed by atoms with Gasteiger partial charge >= 0.3 is 0 Å². The first-order valence-corrected chi connectivity index (χ1v) is 11.6. The predicted octanol–water partition coefficient (Wildman–Crippen LogP) is 6.64. The molecule has 5 rings (SSSR count). The average Bonchev–Trinajstić information content (AvgIpc) is 3.08. The van der Waals surface area contributed by atoms with E-state index in [1.807, 2.05) is 0 Å². The summed E-state index contributed by atoms with van der Waals surface area (Å²) in [4.78, 5) is 42.1. The molecule has 0 N–H and O–H groups in total. The van der Waals surface area contributed by atoms with Crippen LogP contribution in [-0.2, 0) is 4.79 Å². The summed E-state index contributed by atoms with van der Waals surface area (Å²) in [7, 11) is 0.